The Morgan fingerprint density at radius 1 is 1.43 bits per heavy atom. The van der Waals surface area contributed by atoms with Crippen LogP contribution < -0.4 is 5.32 Å². The summed E-state index contributed by atoms with van der Waals surface area (Å²) in [5.41, 5.74) is 1.35. The third-order valence-electron chi connectivity index (χ3n) is 2.27. The second kappa shape index (κ2) is 4.91. The van der Waals surface area contributed by atoms with Crippen molar-refractivity contribution in [2.75, 3.05) is 6.54 Å². The van der Waals surface area contributed by atoms with Gasteiger partial charge in [-0.1, -0.05) is 0 Å². The summed E-state index contributed by atoms with van der Waals surface area (Å²) in [6, 6.07) is 2.55. The van der Waals surface area contributed by atoms with Gasteiger partial charge in [-0.25, -0.2) is 0 Å². The first kappa shape index (κ1) is 11.7. The number of aliphatic hydroxyl groups is 1. The van der Waals surface area contributed by atoms with Crippen LogP contribution in [0.4, 0.5) is 0 Å². The van der Waals surface area contributed by atoms with Gasteiger partial charge in [0, 0.05) is 22.3 Å². The maximum Gasteiger partial charge on any atom is 0.0636 e. The smallest absolute Gasteiger partial charge is 0.0636 e. The molecule has 80 valence electrons. The molecule has 2 N–H and O–H groups in total. The zero-order valence-electron chi connectivity index (χ0n) is 9.29. The lowest BCUT2D eigenvalue weighted by molar-refractivity contribution is 0.187. The molecule has 2 nitrogen and oxygen atoms in total. The summed E-state index contributed by atoms with van der Waals surface area (Å²) in [5.74, 6) is 0. The fraction of sp³-hybridized carbons (Fsp3) is 0.636. The molecule has 1 aromatic heterocycles. The van der Waals surface area contributed by atoms with Crippen molar-refractivity contribution in [2.24, 2.45) is 0 Å². The van der Waals surface area contributed by atoms with Gasteiger partial charge in [0.25, 0.3) is 0 Å². The molecule has 1 rings (SSSR count). The van der Waals surface area contributed by atoms with Gasteiger partial charge < -0.3 is 10.4 Å². The first-order valence-corrected chi connectivity index (χ1v) is 5.80. The molecule has 0 aromatic carbocycles. The van der Waals surface area contributed by atoms with Crippen LogP contribution in [0.5, 0.6) is 0 Å². The molecule has 1 heterocycles. The van der Waals surface area contributed by atoms with E-state index < -0.39 is 0 Å². The number of rotatable bonds is 4. The van der Waals surface area contributed by atoms with E-state index in [1.165, 1.54) is 15.3 Å². The minimum atomic E-state index is -0.280. The molecule has 14 heavy (non-hydrogen) atoms. The lowest BCUT2D eigenvalue weighted by atomic mass is 10.1. The molecule has 0 aliphatic heterocycles. The highest BCUT2D eigenvalue weighted by atomic mass is 32.1. The fourth-order valence-corrected chi connectivity index (χ4v) is 2.56. The number of aryl methyl sites for hydroxylation is 2. The molecule has 0 aliphatic rings. The molecule has 3 heteroatoms. The van der Waals surface area contributed by atoms with Crippen molar-refractivity contribution >= 4 is 11.3 Å². The first-order chi connectivity index (χ1) is 6.50. The quantitative estimate of drug-likeness (QED) is 0.805. The van der Waals surface area contributed by atoms with Crippen LogP contribution in [0.25, 0.3) is 0 Å². The Kier molecular flexibility index (Phi) is 4.11. The molecule has 0 saturated carbocycles. The lowest BCUT2D eigenvalue weighted by Crippen LogP contribution is -2.27. The van der Waals surface area contributed by atoms with Gasteiger partial charge in [0.15, 0.2) is 0 Å². The molecule has 1 unspecified atom stereocenters. The topological polar surface area (TPSA) is 32.3 Å². The van der Waals surface area contributed by atoms with E-state index in [0.29, 0.717) is 12.6 Å². The van der Waals surface area contributed by atoms with E-state index in [2.05, 4.69) is 32.2 Å². The van der Waals surface area contributed by atoms with Crippen molar-refractivity contribution in [1.82, 2.24) is 5.32 Å². The summed E-state index contributed by atoms with van der Waals surface area (Å²) in [6.45, 7) is 8.86. The molecule has 1 aromatic rings. The van der Waals surface area contributed by atoms with Crippen molar-refractivity contribution in [3.05, 3.63) is 21.4 Å². The van der Waals surface area contributed by atoms with Crippen LogP contribution >= 0.6 is 11.3 Å². The molecule has 0 bridgehead atoms. The highest BCUT2D eigenvalue weighted by Gasteiger charge is 2.10. The molecule has 0 aliphatic carbocycles. The van der Waals surface area contributed by atoms with Crippen molar-refractivity contribution < 1.29 is 5.11 Å². The van der Waals surface area contributed by atoms with Gasteiger partial charge in [0.1, 0.15) is 0 Å². The Morgan fingerprint density at radius 2 is 2.07 bits per heavy atom. The summed E-state index contributed by atoms with van der Waals surface area (Å²) in [5, 5.41) is 12.5. The van der Waals surface area contributed by atoms with Crippen molar-refractivity contribution in [3.8, 4) is 0 Å². The van der Waals surface area contributed by atoms with E-state index in [9.17, 15) is 0 Å². The predicted octanol–water partition coefficient (Wildman–Crippen LogP) is 2.40. The molecule has 2 atom stereocenters. The van der Waals surface area contributed by atoms with Crippen LogP contribution in [-0.4, -0.2) is 17.8 Å². The Morgan fingerprint density at radius 3 is 2.50 bits per heavy atom. The van der Waals surface area contributed by atoms with Crippen molar-refractivity contribution in [1.29, 1.82) is 0 Å². The van der Waals surface area contributed by atoms with Gasteiger partial charge in [-0.05, 0) is 39.3 Å². The summed E-state index contributed by atoms with van der Waals surface area (Å²) in [7, 11) is 0. The zero-order chi connectivity index (χ0) is 10.7. The minimum Gasteiger partial charge on any atom is -0.392 e. The van der Waals surface area contributed by atoms with Crippen LogP contribution in [0, 0.1) is 13.8 Å². The van der Waals surface area contributed by atoms with E-state index in [1.807, 2.05) is 11.3 Å². The fourth-order valence-electron chi connectivity index (χ4n) is 1.54. The highest BCUT2D eigenvalue weighted by molar-refractivity contribution is 7.12. The van der Waals surface area contributed by atoms with E-state index in [-0.39, 0.29) is 6.10 Å². The summed E-state index contributed by atoms with van der Waals surface area (Å²) < 4.78 is 0. The largest absolute Gasteiger partial charge is 0.392 e. The summed E-state index contributed by atoms with van der Waals surface area (Å²) >= 11 is 1.83. The maximum absolute atomic E-state index is 9.16. The Bertz CT molecular complexity index is 293. The SMILES string of the molecule is Cc1cc(C(C)NC[C@H](C)O)c(C)s1. The Hall–Kier alpha value is -0.380. The van der Waals surface area contributed by atoms with Gasteiger partial charge in [0.2, 0.25) is 0 Å². The zero-order valence-corrected chi connectivity index (χ0v) is 10.1. The number of hydrogen-bond acceptors (Lipinski definition) is 3. The standard InChI is InChI=1S/C11H19NOS/c1-7(13)6-12-9(3)11-5-8(2)14-10(11)4/h5,7,9,12-13H,6H2,1-4H3/t7-,9?/m0/s1. The maximum atomic E-state index is 9.16. The third-order valence-corrected chi connectivity index (χ3v) is 3.25. The van der Waals surface area contributed by atoms with E-state index in [0.717, 1.165) is 0 Å². The van der Waals surface area contributed by atoms with E-state index in [1.54, 1.807) is 6.92 Å². The van der Waals surface area contributed by atoms with Gasteiger partial charge in [-0.15, -0.1) is 11.3 Å². The molecule has 0 amide bonds. The van der Waals surface area contributed by atoms with E-state index >= 15 is 0 Å². The second-order valence-corrected chi connectivity index (χ2v) is 5.31. The monoisotopic (exact) mass is 213 g/mol. The van der Waals surface area contributed by atoms with Gasteiger partial charge >= 0.3 is 0 Å². The summed E-state index contributed by atoms with van der Waals surface area (Å²) in [6.07, 6.45) is -0.280. The predicted molar refractivity (Wildman–Crippen MR) is 61.9 cm³/mol. The number of thiophene rings is 1. The summed E-state index contributed by atoms with van der Waals surface area (Å²) in [4.78, 5) is 2.72. The van der Waals surface area contributed by atoms with Crippen molar-refractivity contribution in [2.45, 2.75) is 39.8 Å². The minimum absolute atomic E-state index is 0.280. The van der Waals surface area contributed by atoms with Crippen LogP contribution in [0.15, 0.2) is 6.07 Å². The number of aliphatic hydroxyl groups excluding tert-OH is 1. The highest BCUT2D eigenvalue weighted by Crippen LogP contribution is 2.25. The molecule has 0 saturated heterocycles. The van der Waals surface area contributed by atoms with Crippen LogP contribution in [0.1, 0.15) is 35.2 Å². The van der Waals surface area contributed by atoms with Crippen molar-refractivity contribution in [3.63, 3.8) is 0 Å². The average molecular weight is 213 g/mol. The second-order valence-electron chi connectivity index (χ2n) is 3.85. The van der Waals surface area contributed by atoms with Crippen LogP contribution in [0.3, 0.4) is 0 Å². The average Bonchev–Trinajstić information content (AvgIpc) is 2.41. The van der Waals surface area contributed by atoms with E-state index in [4.69, 9.17) is 5.11 Å². The first-order valence-electron chi connectivity index (χ1n) is 4.99. The molecule has 0 fully saturated rings. The Balaban J connectivity index is 2.60. The molecule has 0 spiro atoms. The molecular weight excluding hydrogens is 194 g/mol. The lowest BCUT2D eigenvalue weighted by Gasteiger charge is -2.14. The third kappa shape index (κ3) is 3.08. The Labute approximate surface area is 90.0 Å². The number of nitrogens with one attached hydrogen (secondary N) is 1. The van der Waals surface area contributed by atoms with Gasteiger partial charge in [-0.3, -0.25) is 0 Å². The van der Waals surface area contributed by atoms with Crippen LogP contribution in [0.2, 0.25) is 0 Å². The van der Waals surface area contributed by atoms with Gasteiger partial charge in [0.05, 0.1) is 6.10 Å². The molecule has 0 radical (unpaired) electrons. The van der Waals surface area contributed by atoms with Gasteiger partial charge in [-0.2, -0.15) is 0 Å². The number of hydrogen-bond donors (Lipinski definition) is 2. The van der Waals surface area contributed by atoms with Crippen LogP contribution in [-0.2, 0) is 0 Å². The normalized spacial score (nSPS) is 15.5. The molecular formula is C11H19NOS.